The van der Waals surface area contributed by atoms with Gasteiger partial charge >= 0.3 is 0 Å². The van der Waals surface area contributed by atoms with Crippen LogP contribution in [0, 0.1) is 6.92 Å². The number of thiophene rings is 1. The molecule has 1 heterocycles. The molecule has 0 amide bonds. The molecule has 0 atom stereocenters. The topological polar surface area (TPSA) is 0 Å². The van der Waals surface area contributed by atoms with Gasteiger partial charge in [0.2, 0.25) is 0 Å². The molecule has 1 aromatic carbocycles. The fourth-order valence-electron chi connectivity index (χ4n) is 1.25. The Bertz CT molecular complexity index is 408. The standard InChI is InChI=1S/C10H8ClS.Co/c1-2-7-6-12-10-4-3-8(11)5-9(7)10;/h3-6H,1-2H2;/q-1;. The molecule has 13 heavy (non-hydrogen) atoms. The van der Waals surface area contributed by atoms with Crippen molar-refractivity contribution in [1.82, 2.24) is 0 Å². The second-order valence-electron chi connectivity index (χ2n) is 2.65. The van der Waals surface area contributed by atoms with Crippen LogP contribution in [0.2, 0.25) is 5.02 Å². The number of hydrogen-bond acceptors (Lipinski definition) is 1. The van der Waals surface area contributed by atoms with E-state index in [2.05, 4.69) is 18.4 Å². The predicted molar refractivity (Wildman–Crippen MR) is 55.9 cm³/mol. The van der Waals surface area contributed by atoms with Gasteiger partial charge in [0.05, 0.1) is 0 Å². The van der Waals surface area contributed by atoms with Crippen LogP contribution >= 0.6 is 22.9 Å². The van der Waals surface area contributed by atoms with Crippen molar-refractivity contribution in [2.45, 2.75) is 6.42 Å². The fourth-order valence-corrected chi connectivity index (χ4v) is 2.40. The molecule has 0 aliphatic heterocycles. The Morgan fingerprint density at radius 2 is 2.15 bits per heavy atom. The van der Waals surface area contributed by atoms with E-state index >= 15 is 0 Å². The van der Waals surface area contributed by atoms with Gasteiger partial charge in [0, 0.05) is 26.5 Å². The van der Waals surface area contributed by atoms with Crippen molar-refractivity contribution < 1.29 is 16.8 Å². The molecule has 0 aliphatic rings. The molecule has 1 radical (unpaired) electrons. The summed E-state index contributed by atoms with van der Waals surface area (Å²) in [6.45, 7) is 3.87. The third-order valence-corrected chi connectivity index (χ3v) is 3.13. The fraction of sp³-hybridized carbons (Fsp3) is 0.100. The third-order valence-electron chi connectivity index (χ3n) is 1.89. The van der Waals surface area contributed by atoms with E-state index in [0.29, 0.717) is 0 Å². The molecule has 1 aromatic heterocycles. The number of fused-ring (bicyclic) bond motifs is 1. The molecule has 0 saturated heterocycles. The Morgan fingerprint density at radius 3 is 2.85 bits per heavy atom. The van der Waals surface area contributed by atoms with Gasteiger partial charge in [0.15, 0.2) is 0 Å². The molecule has 0 aliphatic carbocycles. The van der Waals surface area contributed by atoms with Crippen LogP contribution in [0.3, 0.4) is 0 Å². The maximum absolute atomic E-state index is 5.89. The molecule has 2 aromatic rings. The van der Waals surface area contributed by atoms with Gasteiger partial charge in [-0.05, 0) is 29.0 Å². The van der Waals surface area contributed by atoms with Crippen molar-refractivity contribution in [3.8, 4) is 0 Å². The van der Waals surface area contributed by atoms with Gasteiger partial charge in [-0.15, -0.1) is 11.3 Å². The van der Waals surface area contributed by atoms with Gasteiger partial charge in [0.1, 0.15) is 0 Å². The van der Waals surface area contributed by atoms with E-state index in [9.17, 15) is 0 Å². The van der Waals surface area contributed by atoms with Crippen LogP contribution in [0.4, 0.5) is 0 Å². The summed E-state index contributed by atoms with van der Waals surface area (Å²) in [6, 6.07) is 5.99. The zero-order valence-corrected chi connectivity index (χ0v) is 9.46. The van der Waals surface area contributed by atoms with Gasteiger partial charge in [-0.2, -0.15) is 6.42 Å². The van der Waals surface area contributed by atoms with Gasteiger partial charge < -0.3 is 6.92 Å². The molecule has 0 N–H and O–H groups in total. The van der Waals surface area contributed by atoms with Crippen LogP contribution < -0.4 is 0 Å². The van der Waals surface area contributed by atoms with E-state index in [1.165, 1.54) is 15.6 Å². The van der Waals surface area contributed by atoms with Crippen molar-refractivity contribution in [3.63, 3.8) is 0 Å². The number of hydrogen-bond donors (Lipinski definition) is 0. The molecule has 0 bridgehead atoms. The van der Waals surface area contributed by atoms with Crippen LogP contribution in [0.25, 0.3) is 10.1 Å². The summed E-state index contributed by atoms with van der Waals surface area (Å²) in [5.74, 6) is 0. The second kappa shape index (κ2) is 4.47. The largest absolute Gasteiger partial charge is 0.339 e. The summed E-state index contributed by atoms with van der Waals surface area (Å²) in [5.41, 5.74) is 1.29. The minimum atomic E-state index is 0. The zero-order valence-electron chi connectivity index (χ0n) is 6.84. The van der Waals surface area contributed by atoms with E-state index in [-0.39, 0.29) is 16.8 Å². The van der Waals surface area contributed by atoms with E-state index in [1.54, 1.807) is 11.3 Å². The summed E-state index contributed by atoms with van der Waals surface area (Å²) in [7, 11) is 0. The summed E-state index contributed by atoms with van der Waals surface area (Å²) in [5, 5.41) is 4.20. The van der Waals surface area contributed by atoms with Crippen LogP contribution in [0.5, 0.6) is 0 Å². The predicted octanol–water partition coefficient (Wildman–Crippen LogP) is 3.93. The Morgan fingerprint density at radius 1 is 1.38 bits per heavy atom. The number of benzene rings is 1. The number of rotatable bonds is 1. The van der Waals surface area contributed by atoms with Crippen LogP contribution in [0.15, 0.2) is 23.6 Å². The number of halogens is 1. The summed E-state index contributed by atoms with van der Waals surface area (Å²) in [4.78, 5) is 0. The van der Waals surface area contributed by atoms with Crippen molar-refractivity contribution >= 4 is 33.0 Å². The first-order valence-corrected chi connectivity index (χ1v) is 5.02. The Hall–Kier alpha value is -0.0235. The molecule has 0 saturated carbocycles. The first-order valence-electron chi connectivity index (χ1n) is 3.76. The van der Waals surface area contributed by atoms with Crippen LogP contribution in [-0.4, -0.2) is 0 Å². The molecule has 0 spiro atoms. The van der Waals surface area contributed by atoms with Gasteiger partial charge in [-0.25, -0.2) is 0 Å². The van der Waals surface area contributed by atoms with Crippen molar-refractivity contribution in [1.29, 1.82) is 0 Å². The first kappa shape index (κ1) is 11.1. The average molecular weight is 255 g/mol. The Kier molecular flexibility index (Phi) is 3.80. The zero-order chi connectivity index (χ0) is 8.55. The van der Waals surface area contributed by atoms with Crippen molar-refractivity contribution in [2.75, 3.05) is 0 Å². The second-order valence-corrected chi connectivity index (χ2v) is 4.00. The molecule has 0 nitrogen and oxygen atoms in total. The monoisotopic (exact) mass is 254 g/mol. The normalized spacial score (nSPS) is 10.0. The maximum Gasteiger partial charge on any atom is 0.0413 e. The molecule has 0 unspecified atom stereocenters. The molecular formula is C10H8ClCoS-. The van der Waals surface area contributed by atoms with Crippen LogP contribution in [0.1, 0.15) is 5.56 Å². The molecule has 2 rings (SSSR count). The smallest absolute Gasteiger partial charge is 0.0413 e. The minimum Gasteiger partial charge on any atom is -0.339 e. The molecule has 3 heteroatoms. The van der Waals surface area contributed by atoms with E-state index in [1.807, 2.05) is 12.1 Å². The third kappa shape index (κ3) is 2.07. The average Bonchev–Trinajstić information content (AvgIpc) is 2.46. The van der Waals surface area contributed by atoms with E-state index in [0.717, 1.165) is 11.4 Å². The quantitative estimate of drug-likeness (QED) is 0.677. The van der Waals surface area contributed by atoms with Crippen molar-refractivity contribution in [2.24, 2.45) is 0 Å². The first-order chi connectivity index (χ1) is 5.81. The Balaban J connectivity index is 0.000000845. The molecule has 0 fully saturated rings. The molecule has 71 valence electrons. The SMILES string of the molecule is [CH2-]Cc1csc2ccc(Cl)cc12.[Co]. The van der Waals surface area contributed by atoms with Gasteiger partial charge in [-0.3, -0.25) is 0 Å². The molecular weight excluding hydrogens is 247 g/mol. The Labute approximate surface area is 97.1 Å². The maximum atomic E-state index is 5.89. The minimum absolute atomic E-state index is 0. The van der Waals surface area contributed by atoms with E-state index < -0.39 is 0 Å². The summed E-state index contributed by atoms with van der Waals surface area (Å²) in [6.07, 6.45) is 0.834. The van der Waals surface area contributed by atoms with Gasteiger partial charge in [-0.1, -0.05) is 17.2 Å². The van der Waals surface area contributed by atoms with Crippen LogP contribution in [-0.2, 0) is 23.2 Å². The summed E-state index contributed by atoms with van der Waals surface area (Å²) >= 11 is 7.64. The van der Waals surface area contributed by atoms with Crippen molar-refractivity contribution in [3.05, 3.63) is 41.1 Å². The van der Waals surface area contributed by atoms with E-state index in [4.69, 9.17) is 11.6 Å². The summed E-state index contributed by atoms with van der Waals surface area (Å²) < 4.78 is 1.29. The van der Waals surface area contributed by atoms with Gasteiger partial charge in [0.25, 0.3) is 0 Å².